The molecule has 0 bridgehead atoms. The van der Waals surface area contributed by atoms with Crippen molar-refractivity contribution in [2.45, 2.75) is 26.7 Å². The standard InChI is InChI=1S/C20H27ClIN5O2/c1-3-9-27(10-8-22)11-12-29-15-7-5-6-14(13-15)24-20-17(19(23)28)25-16(4-2)18(21)26-20/h5-7,13H,3-4,8-12H2,1-2H3,(H2,23,28)(H,24,26). The van der Waals surface area contributed by atoms with Crippen molar-refractivity contribution in [2.75, 3.05) is 36.0 Å². The van der Waals surface area contributed by atoms with Crippen molar-refractivity contribution in [3.63, 3.8) is 0 Å². The topological polar surface area (TPSA) is 93.4 Å². The molecule has 1 heterocycles. The van der Waals surface area contributed by atoms with Crippen LogP contribution in [0.1, 0.15) is 36.5 Å². The van der Waals surface area contributed by atoms with Crippen LogP contribution in [0.25, 0.3) is 0 Å². The van der Waals surface area contributed by atoms with Gasteiger partial charge in [0.1, 0.15) is 12.4 Å². The predicted octanol–water partition coefficient (Wildman–Crippen LogP) is 4.06. The number of benzene rings is 1. The summed E-state index contributed by atoms with van der Waals surface area (Å²) in [5, 5.41) is 3.32. The van der Waals surface area contributed by atoms with Crippen molar-refractivity contribution in [1.29, 1.82) is 0 Å². The van der Waals surface area contributed by atoms with Gasteiger partial charge in [-0.2, -0.15) is 0 Å². The Balaban J connectivity index is 2.08. The Morgan fingerprint density at radius 1 is 1.28 bits per heavy atom. The van der Waals surface area contributed by atoms with E-state index in [2.05, 4.69) is 49.7 Å². The molecule has 29 heavy (non-hydrogen) atoms. The largest absolute Gasteiger partial charge is 0.492 e. The molecule has 0 spiro atoms. The van der Waals surface area contributed by atoms with Crippen LogP contribution in [0.2, 0.25) is 5.15 Å². The van der Waals surface area contributed by atoms with E-state index >= 15 is 0 Å². The molecule has 2 aromatic rings. The molecule has 7 nitrogen and oxygen atoms in total. The van der Waals surface area contributed by atoms with Gasteiger partial charge in [-0.3, -0.25) is 9.69 Å². The lowest BCUT2D eigenvalue weighted by Crippen LogP contribution is -2.30. The van der Waals surface area contributed by atoms with E-state index in [1.807, 2.05) is 31.2 Å². The Morgan fingerprint density at radius 3 is 2.72 bits per heavy atom. The molecule has 0 aliphatic carbocycles. The predicted molar refractivity (Wildman–Crippen MR) is 126 cm³/mol. The fourth-order valence-electron chi connectivity index (χ4n) is 2.80. The SMILES string of the molecule is CCCN(CCI)CCOc1cccc(Nc2nc(Cl)c(CC)nc2C(N)=O)c1. The summed E-state index contributed by atoms with van der Waals surface area (Å²) in [5.74, 6) is 0.295. The average molecular weight is 532 g/mol. The van der Waals surface area contributed by atoms with Gasteiger partial charge in [0.15, 0.2) is 16.7 Å². The quantitative estimate of drug-likeness (QED) is 0.317. The number of anilines is 2. The Bertz CT molecular complexity index is 815. The molecule has 0 fully saturated rings. The molecule has 0 radical (unpaired) electrons. The number of ether oxygens (including phenoxy) is 1. The molecule has 3 N–H and O–H groups in total. The zero-order valence-corrected chi connectivity index (χ0v) is 19.7. The lowest BCUT2D eigenvalue weighted by molar-refractivity contribution is 0.0996. The average Bonchev–Trinajstić information content (AvgIpc) is 2.68. The molecule has 0 atom stereocenters. The number of carbonyl (C=O) groups excluding carboxylic acids is 1. The van der Waals surface area contributed by atoms with Gasteiger partial charge in [0.2, 0.25) is 0 Å². The van der Waals surface area contributed by atoms with Crippen molar-refractivity contribution in [1.82, 2.24) is 14.9 Å². The van der Waals surface area contributed by atoms with Crippen LogP contribution in [0.4, 0.5) is 11.5 Å². The van der Waals surface area contributed by atoms with E-state index in [1.54, 1.807) is 0 Å². The first kappa shape index (κ1) is 23.6. The number of aryl methyl sites for hydroxylation is 1. The summed E-state index contributed by atoms with van der Waals surface area (Å²) in [6, 6.07) is 7.45. The number of nitrogens with two attached hydrogens (primary N) is 1. The Hall–Kier alpha value is -1.65. The third kappa shape index (κ3) is 7.27. The minimum atomic E-state index is -0.662. The van der Waals surface area contributed by atoms with E-state index in [9.17, 15) is 4.79 Å². The molecular weight excluding hydrogens is 505 g/mol. The summed E-state index contributed by atoms with van der Waals surface area (Å²) < 4.78 is 7.00. The molecular formula is C20H27ClIN5O2. The van der Waals surface area contributed by atoms with Crippen molar-refractivity contribution < 1.29 is 9.53 Å². The molecule has 9 heteroatoms. The summed E-state index contributed by atoms with van der Waals surface area (Å²) in [4.78, 5) is 22.7. The van der Waals surface area contributed by atoms with Crippen molar-refractivity contribution in [3.8, 4) is 5.75 Å². The third-order valence-corrected chi connectivity index (χ3v) is 4.99. The van der Waals surface area contributed by atoms with E-state index < -0.39 is 5.91 Å². The smallest absolute Gasteiger partial charge is 0.271 e. The zero-order chi connectivity index (χ0) is 21.2. The van der Waals surface area contributed by atoms with Gasteiger partial charge in [-0.25, -0.2) is 9.97 Å². The van der Waals surface area contributed by atoms with Crippen molar-refractivity contribution >= 4 is 51.6 Å². The number of carbonyl (C=O) groups is 1. The first-order valence-electron chi connectivity index (χ1n) is 9.62. The number of alkyl halides is 1. The highest BCUT2D eigenvalue weighted by atomic mass is 127. The van der Waals surface area contributed by atoms with Gasteiger partial charge < -0.3 is 15.8 Å². The van der Waals surface area contributed by atoms with Crippen LogP contribution >= 0.6 is 34.2 Å². The van der Waals surface area contributed by atoms with Crippen LogP contribution in [-0.4, -0.2) is 51.4 Å². The molecule has 1 aromatic heterocycles. The lowest BCUT2D eigenvalue weighted by atomic mass is 10.2. The van der Waals surface area contributed by atoms with Crippen LogP contribution in [0.5, 0.6) is 5.75 Å². The molecule has 0 aliphatic heterocycles. The summed E-state index contributed by atoms with van der Waals surface area (Å²) in [5.41, 5.74) is 6.76. The maximum Gasteiger partial charge on any atom is 0.271 e. The summed E-state index contributed by atoms with van der Waals surface area (Å²) in [6.07, 6.45) is 1.68. The van der Waals surface area contributed by atoms with Crippen LogP contribution in [0.15, 0.2) is 24.3 Å². The van der Waals surface area contributed by atoms with Crippen LogP contribution < -0.4 is 15.8 Å². The summed E-state index contributed by atoms with van der Waals surface area (Å²) in [6.45, 7) is 7.66. The molecule has 0 unspecified atom stereocenters. The number of rotatable bonds is 12. The highest BCUT2D eigenvalue weighted by Gasteiger charge is 2.16. The van der Waals surface area contributed by atoms with Gasteiger partial charge in [0.25, 0.3) is 5.91 Å². The van der Waals surface area contributed by atoms with Gasteiger partial charge in [0, 0.05) is 29.3 Å². The summed E-state index contributed by atoms with van der Waals surface area (Å²) >= 11 is 8.55. The minimum absolute atomic E-state index is 0.0616. The number of hydrogen-bond donors (Lipinski definition) is 2. The third-order valence-electron chi connectivity index (χ3n) is 4.20. The van der Waals surface area contributed by atoms with Gasteiger partial charge in [-0.15, -0.1) is 0 Å². The van der Waals surface area contributed by atoms with E-state index in [4.69, 9.17) is 22.1 Å². The molecule has 2 rings (SSSR count). The fraction of sp³-hybridized carbons (Fsp3) is 0.450. The van der Waals surface area contributed by atoms with E-state index in [-0.39, 0.29) is 16.7 Å². The van der Waals surface area contributed by atoms with E-state index in [0.29, 0.717) is 24.4 Å². The second kappa shape index (κ2) is 12.1. The van der Waals surface area contributed by atoms with E-state index in [0.717, 1.165) is 36.2 Å². The number of nitrogens with zero attached hydrogens (tertiary/aromatic N) is 3. The molecule has 0 aliphatic rings. The number of nitrogens with one attached hydrogen (secondary N) is 1. The molecule has 0 saturated carbocycles. The second-order valence-electron chi connectivity index (χ2n) is 6.41. The van der Waals surface area contributed by atoms with Crippen LogP contribution in [0, 0.1) is 0 Å². The van der Waals surface area contributed by atoms with Gasteiger partial charge in [-0.1, -0.05) is 54.1 Å². The Kier molecular flexibility index (Phi) is 9.89. The number of primary amides is 1. The van der Waals surface area contributed by atoms with Gasteiger partial charge in [0.05, 0.1) is 5.69 Å². The van der Waals surface area contributed by atoms with Crippen molar-refractivity contribution in [3.05, 3.63) is 40.8 Å². The maximum absolute atomic E-state index is 11.8. The Morgan fingerprint density at radius 2 is 2.07 bits per heavy atom. The van der Waals surface area contributed by atoms with Crippen molar-refractivity contribution in [2.24, 2.45) is 5.73 Å². The summed E-state index contributed by atoms with van der Waals surface area (Å²) in [7, 11) is 0. The monoisotopic (exact) mass is 531 g/mol. The lowest BCUT2D eigenvalue weighted by Gasteiger charge is -2.20. The normalized spacial score (nSPS) is 10.9. The fourth-order valence-corrected chi connectivity index (χ4v) is 3.74. The maximum atomic E-state index is 11.8. The molecule has 158 valence electrons. The van der Waals surface area contributed by atoms with Gasteiger partial charge in [-0.05, 0) is 31.5 Å². The van der Waals surface area contributed by atoms with E-state index in [1.165, 1.54) is 0 Å². The highest BCUT2D eigenvalue weighted by Crippen LogP contribution is 2.24. The second-order valence-corrected chi connectivity index (χ2v) is 7.84. The van der Waals surface area contributed by atoms with Crippen LogP contribution in [0.3, 0.4) is 0 Å². The van der Waals surface area contributed by atoms with Crippen LogP contribution in [-0.2, 0) is 6.42 Å². The molecule has 1 aromatic carbocycles. The first-order valence-corrected chi connectivity index (χ1v) is 11.5. The number of amides is 1. The number of hydrogen-bond acceptors (Lipinski definition) is 6. The molecule has 0 saturated heterocycles. The van der Waals surface area contributed by atoms with Gasteiger partial charge >= 0.3 is 0 Å². The molecule has 1 amide bonds. The number of halogens is 2. The first-order chi connectivity index (χ1) is 14.0. The Labute approximate surface area is 190 Å². The minimum Gasteiger partial charge on any atom is -0.492 e. The zero-order valence-electron chi connectivity index (χ0n) is 16.8. The highest BCUT2D eigenvalue weighted by molar-refractivity contribution is 14.1. The number of aromatic nitrogens is 2.